The second-order valence-electron chi connectivity index (χ2n) is 7.04. The van der Waals surface area contributed by atoms with Crippen molar-refractivity contribution in [1.82, 2.24) is 20.3 Å². The van der Waals surface area contributed by atoms with Crippen LogP contribution in [0, 0.1) is 0 Å². The van der Waals surface area contributed by atoms with Crippen LogP contribution in [0.1, 0.15) is 10.6 Å². The Labute approximate surface area is 170 Å². The van der Waals surface area contributed by atoms with Crippen LogP contribution in [-0.4, -0.2) is 48.1 Å². The van der Waals surface area contributed by atoms with E-state index in [2.05, 4.69) is 51.6 Å². The average molecular weight is 395 g/mol. The van der Waals surface area contributed by atoms with Gasteiger partial charge in [0.15, 0.2) is 0 Å². The average Bonchev–Trinajstić information content (AvgIpc) is 3.22. The van der Waals surface area contributed by atoms with Gasteiger partial charge in [-0.2, -0.15) is 0 Å². The molecule has 5 nitrogen and oxygen atoms in total. The third kappa shape index (κ3) is 5.17. The Morgan fingerprint density at radius 3 is 2.50 bits per heavy atom. The molecule has 4 rings (SSSR count). The number of thiazole rings is 1. The molecule has 0 aliphatic carbocycles. The summed E-state index contributed by atoms with van der Waals surface area (Å²) in [4.78, 5) is 8.12. The van der Waals surface area contributed by atoms with E-state index in [0.29, 0.717) is 6.61 Å². The minimum absolute atomic E-state index is 0.586. The summed E-state index contributed by atoms with van der Waals surface area (Å²) < 4.78 is 5.87. The number of hydrogen-bond acceptors (Lipinski definition) is 6. The molecule has 0 saturated carbocycles. The predicted octanol–water partition coefficient (Wildman–Crippen LogP) is 3.64. The Bertz CT molecular complexity index is 858. The molecule has 2 aromatic carbocycles. The largest absolute Gasteiger partial charge is 0.489 e. The molecule has 146 valence electrons. The SMILES string of the molecule is CN1CCN(NCc2ncc(-c3ccc(OCc4ccccc4)cc3)s2)CC1. The van der Waals surface area contributed by atoms with Crippen molar-refractivity contribution in [3.63, 3.8) is 0 Å². The fraction of sp³-hybridized carbons (Fsp3) is 0.318. The van der Waals surface area contributed by atoms with E-state index >= 15 is 0 Å². The van der Waals surface area contributed by atoms with Gasteiger partial charge in [0.1, 0.15) is 17.4 Å². The minimum Gasteiger partial charge on any atom is -0.489 e. The Balaban J connectivity index is 1.29. The van der Waals surface area contributed by atoms with Crippen molar-refractivity contribution in [3.8, 4) is 16.2 Å². The van der Waals surface area contributed by atoms with Gasteiger partial charge in [-0.25, -0.2) is 15.4 Å². The Kier molecular flexibility index (Phi) is 6.34. The maximum absolute atomic E-state index is 5.87. The van der Waals surface area contributed by atoms with Gasteiger partial charge in [0.2, 0.25) is 0 Å². The standard InChI is InChI=1S/C22H26N4OS/c1-25-11-13-26(14-12-25)24-16-22-23-15-21(28-22)19-7-9-20(10-8-19)27-17-18-5-3-2-4-6-18/h2-10,15,24H,11-14,16-17H2,1H3. The Morgan fingerprint density at radius 2 is 1.75 bits per heavy atom. The quantitative estimate of drug-likeness (QED) is 0.663. The van der Waals surface area contributed by atoms with Crippen LogP contribution >= 0.6 is 11.3 Å². The summed E-state index contributed by atoms with van der Waals surface area (Å²) in [7, 11) is 2.17. The number of ether oxygens (including phenoxy) is 1. The van der Waals surface area contributed by atoms with Gasteiger partial charge in [-0.3, -0.25) is 0 Å². The summed E-state index contributed by atoms with van der Waals surface area (Å²) in [6, 6.07) is 18.5. The first-order valence-electron chi connectivity index (χ1n) is 9.65. The molecule has 6 heteroatoms. The number of piperazine rings is 1. The number of hydrogen-bond donors (Lipinski definition) is 1. The topological polar surface area (TPSA) is 40.6 Å². The number of likely N-dealkylation sites (N-methyl/N-ethyl adjacent to an activating group) is 1. The van der Waals surface area contributed by atoms with E-state index < -0.39 is 0 Å². The number of benzene rings is 2. The van der Waals surface area contributed by atoms with Gasteiger partial charge in [0.05, 0.1) is 11.4 Å². The third-order valence-corrected chi connectivity index (χ3v) is 5.94. The fourth-order valence-corrected chi connectivity index (χ4v) is 3.98. The highest BCUT2D eigenvalue weighted by molar-refractivity contribution is 7.15. The maximum Gasteiger partial charge on any atom is 0.119 e. The van der Waals surface area contributed by atoms with Crippen LogP contribution < -0.4 is 10.2 Å². The zero-order chi connectivity index (χ0) is 19.2. The minimum atomic E-state index is 0.586. The molecule has 1 saturated heterocycles. The zero-order valence-electron chi connectivity index (χ0n) is 16.2. The number of rotatable bonds is 7. The molecular formula is C22H26N4OS. The lowest BCUT2D eigenvalue weighted by atomic mass is 10.2. The molecule has 0 spiro atoms. The molecule has 0 bridgehead atoms. The van der Waals surface area contributed by atoms with Gasteiger partial charge < -0.3 is 9.64 Å². The highest BCUT2D eigenvalue weighted by atomic mass is 32.1. The predicted molar refractivity (Wildman–Crippen MR) is 114 cm³/mol. The van der Waals surface area contributed by atoms with Gasteiger partial charge >= 0.3 is 0 Å². The van der Waals surface area contributed by atoms with E-state index in [0.717, 1.165) is 43.5 Å². The van der Waals surface area contributed by atoms with Crippen LogP contribution in [0.2, 0.25) is 0 Å². The maximum atomic E-state index is 5.87. The summed E-state index contributed by atoms with van der Waals surface area (Å²) in [6.45, 7) is 5.69. The summed E-state index contributed by atoms with van der Waals surface area (Å²) >= 11 is 1.74. The number of aromatic nitrogens is 1. The second kappa shape index (κ2) is 9.30. The van der Waals surface area contributed by atoms with E-state index in [9.17, 15) is 0 Å². The summed E-state index contributed by atoms with van der Waals surface area (Å²) in [5, 5.41) is 3.40. The van der Waals surface area contributed by atoms with Crippen LogP contribution in [0.3, 0.4) is 0 Å². The molecule has 0 amide bonds. The van der Waals surface area contributed by atoms with Crippen LogP contribution in [0.15, 0.2) is 60.8 Å². The van der Waals surface area contributed by atoms with Gasteiger partial charge in [-0.1, -0.05) is 30.3 Å². The molecule has 2 heterocycles. The van der Waals surface area contributed by atoms with E-state index in [-0.39, 0.29) is 0 Å². The lowest BCUT2D eigenvalue weighted by Gasteiger charge is -2.32. The number of nitrogens with zero attached hydrogens (tertiary/aromatic N) is 3. The van der Waals surface area contributed by atoms with Gasteiger partial charge in [-0.15, -0.1) is 11.3 Å². The first kappa shape index (κ1) is 19.1. The zero-order valence-corrected chi connectivity index (χ0v) is 17.0. The molecule has 0 atom stereocenters. The summed E-state index contributed by atoms with van der Waals surface area (Å²) in [5.74, 6) is 0.883. The van der Waals surface area contributed by atoms with Crippen LogP contribution in [0.5, 0.6) is 5.75 Å². The molecule has 0 radical (unpaired) electrons. The van der Waals surface area contributed by atoms with Crippen molar-refractivity contribution < 1.29 is 4.74 Å². The van der Waals surface area contributed by atoms with Crippen molar-refractivity contribution in [2.75, 3.05) is 33.2 Å². The normalized spacial score (nSPS) is 15.6. The first-order valence-corrected chi connectivity index (χ1v) is 10.5. The van der Waals surface area contributed by atoms with Crippen LogP contribution in [-0.2, 0) is 13.2 Å². The monoisotopic (exact) mass is 394 g/mol. The van der Waals surface area contributed by atoms with Gasteiger partial charge in [0.25, 0.3) is 0 Å². The van der Waals surface area contributed by atoms with Crippen molar-refractivity contribution in [2.24, 2.45) is 0 Å². The molecule has 1 aromatic heterocycles. The smallest absolute Gasteiger partial charge is 0.119 e. The summed E-state index contributed by atoms with van der Waals surface area (Å²) in [6.07, 6.45) is 1.96. The summed E-state index contributed by atoms with van der Waals surface area (Å²) in [5.41, 5.74) is 5.85. The van der Waals surface area contributed by atoms with Gasteiger partial charge in [-0.05, 0) is 42.4 Å². The fourth-order valence-electron chi connectivity index (χ4n) is 3.13. The van der Waals surface area contributed by atoms with Crippen LogP contribution in [0.25, 0.3) is 10.4 Å². The van der Waals surface area contributed by atoms with Crippen LogP contribution in [0.4, 0.5) is 0 Å². The molecular weight excluding hydrogens is 368 g/mol. The van der Waals surface area contributed by atoms with Crippen molar-refractivity contribution in [2.45, 2.75) is 13.2 Å². The highest BCUT2D eigenvalue weighted by Gasteiger charge is 2.13. The molecule has 1 N–H and O–H groups in total. The highest BCUT2D eigenvalue weighted by Crippen LogP contribution is 2.28. The third-order valence-electron chi connectivity index (χ3n) is 4.90. The molecule has 28 heavy (non-hydrogen) atoms. The van der Waals surface area contributed by atoms with E-state index in [1.807, 2.05) is 36.5 Å². The Hall–Kier alpha value is -2.25. The molecule has 1 aliphatic heterocycles. The van der Waals surface area contributed by atoms with Gasteiger partial charge in [0, 0.05) is 32.4 Å². The molecule has 1 aliphatic rings. The van der Waals surface area contributed by atoms with E-state index in [4.69, 9.17) is 4.74 Å². The molecule has 0 unspecified atom stereocenters. The number of nitrogens with one attached hydrogen (secondary N) is 1. The molecule has 3 aromatic rings. The Morgan fingerprint density at radius 1 is 1.00 bits per heavy atom. The second-order valence-corrected chi connectivity index (χ2v) is 8.16. The van der Waals surface area contributed by atoms with E-state index in [1.165, 1.54) is 16.0 Å². The van der Waals surface area contributed by atoms with Crippen molar-refractivity contribution in [1.29, 1.82) is 0 Å². The van der Waals surface area contributed by atoms with Crippen molar-refractivity contribution >= 4 is 11.3 Å². The van der Waals surface area contributed by atoms with Crippen molar-refractivity contribution in [3.05, 3.63) is 71.4 Å². The number of hydrazine groups is 1. The lowest BCUT2D eigenvalue weighted by Crippen LogP contribution is -2.50. The van der Waals surface area contributed by atoms with E-state index in [1.54, 1.807) is 11.3 Å². The lowest BCUT2D eigenvalue weighted by molar-refractivity contribution is 0.102. The molecule has 1 fully saturated rings. The first-order chi connectivity index (χ1) is 13.8.